The van der Waals surface area contributed by atoms with Gasteiger partial charge in [0.25, 0.3) is 5.91 Å². The first-order chi connectivity index (χ1) is 13.3. The van der Waals surface area contributed by atoms with Gasteiger partial charge in [0.15, 0.2) is 6.61 Å². The third-order valence-corrected chi connectivity index (χ3v) is 4.57. The van der Waals surface area contributed by atoms with Gasteiger partial charge in [-0.3, -0.25) is 14.4 Å². The van der Waals surface area contributed by atoms with Gasteiger partial charge < -0.3 is 15.4 Å². The van der Waals surface area contributed by atoms with Gasteiger partial charge >= 0.3 is 5.97 Å². The molecule has 2 rings (SSSR count). The van der Waals surface area contributed by atoms with Gasteiger partial charge in [0.05, 0.1) is 17.1 Å². The molecule has 2 aromatic rings. The lowest BCUT2D eigenvalue weighted by molar-refractivity contribution is -0.147. The van der Waals surface area contributed by atoms with Crippen LogP contribution in [0, 0.1) is 13.8 Å². The Morgan fingerprint density at radius 1 is 0.929 bits per heavy atom. The number of carbonyl (C=O) groups is 3. The van der Waals surface area contributed by atoms with E-state index >= 15 is 0 Å². The minimum Gasteiger partial charge on any atom is -0.456 e. The molecular formula is C20H20Cl2N2O4. The molecule has 0 spiro atoms. The van der Waals surface area contributed by atoms with Crippen LogP contribution in [0.4, 0.5) is 11.4 Å². The van der Waals surface area contributed by atoms with Crippen molar-refractivity contribution in [3.8, 4) is 0 Å². The zero-order valence-electron chi connectivity index (χ0n) is 15.5. The van der Waals surface area contributed by atoms with Gasteiger partial charge in [-0.2, -0.15) is 0 Å². The molecule has 0 saturated carbocycles. The van der Waals surface area contributed by atoms with E-state index in [0.29, 0.717) is 21.4 Å². The number of nitrogens with one attached hydrogen (secondary N) is 2. The van der Waals surface area contributed by atoms with Gasteiger partial charge in [0, 0.05) is 17.1 Å². The van der Waals surface area contributed by atoms with E-state index in [9.17, 15) is 14.4 Å². The summed E-state index contributed by atoms with van der Waals surface area (Å²) in [6.07, 6.45) is -0.277. The number of ether oxygens (including phenoxy) is 1. The van der Waals surface area contributed by atoms with Gasteiger partial charge in [-0.15, -0.1) is 0 Å². The summed E-state index contributed by atoms with van der Waals surface area (Å²) in [5.41, 5.74) is 3.01. The molecule has 0 aliphatic heterocycles. The summed E-state index contributed by atoms with van der Waals surface area (Å²) >= 11 is 11.8. The van der Waals surface area contributed by atoms with Crippen molar-refractivity contribution >= 4 is 52.4 Å². The maximum atomic E-state index is 11.9. The third kappa shape index (κ3) is 6.55. The Kier molecular flexibility index (Phi) is 7.84. The molecule has 0 atom stereocenters. The number of anilines is 2. The molecule has 0 aliphatic rings. The number of halogens is 2. The highest BCUT2D eigenvalue weighted by molar-refractivity contribution is 6.35. The molecule has 2 N–H and O–H groups in total. The molecule has 0 bridgehead atoms. The van der Waals surface area contributed by atoms with E-state index in [-0.39, 0.29) is 12.8 Å². The van der Waals surface area contributed by atoms with Crippen LogP contribution in [0.5, 0.6) is 0 Å². The molecule has 6 nitrogen and oxygen atoms in total. The van der Waals surface area contributed by atoms with Crippen molar-refractivity contribution in [3.05, 3.63) is 57.6 Å². The topological polar surface area (TPSA) is 84.5 Å². The molecule has 0 saturated heterocycles. The summed E-state index contributed by atoms with van der Waals surface area (Å²) in [5, 5.41) is 6.03. The van der Waals surface area contributed by atoms with Gasteiger partial charge in [-0.1, -0.05) is 35.3 Å². The number of amides is 2. The fourth-order valence-corrected chi connectivity index (χ4v) is 2.65. The second kappa shape index (κ2) is 10.1. The van der Waals surface area contributed by atoms with Crippen LogP contribution < -0.4 is 10.6 Å². The summed E-state index contributed by atoms with van der Waals surface area (Å²) in [4.78, 5) is 35.6. The zero-order chi connectivity index (χ0) is 20.7. The Morgan fingerprint density at radius 3 is 2.39 bits per heavy atom. The van der Waals surface area contributed by atoms with Crippen molar-refractivity contribution in [1.29, 1.82) is 0 Å². The monoisotopic (exact) mass is 422 g/mol. The molecule has 2 aromatic carbocycles. The number of esters is 1. The maximum Gasteiger partial charge on any atom is 0.306 e. The largest absolute Gasteiger partial charge is 0.456 e. The van der Waals surface area contributed by atoms with Crippen molar-refractivity contribution in [2.24, 2.45) is 0 Å². The zero-order valence-corrected chi connectivity index (χ0v) is 17.0. The predicted octanol–water partition coefficient (Wildman–Crippen LogP) is 4.51. The lowest BCUT2D eigenvalue weighted by Gasteiger charge is -2.11. The van der Waals surface area contributed by atoms with E-state index in [1.165, 1.54) is 6.07 Å². The summed E-state index contributed by atoms with van der Waals surface area (Å²) in [6.45, 7) is 3.41. The fraction of sp³-hybridized carbons (Fsp3) is 0.250. The quantitative estimate of drug-likeness (QED) is 0.642. The SMILES string of the molecule is Cc1cccc(NC(=O)COC(=O)CCC(=O)Nc2cc(Cl)ccc2Cl)c1C. The molecule has 0 heterocycles. The Labute approximate surface area is 173 Å². The van der Waals surface area contributed by atoms with Gasteiger partial charge in [0.2, 0.25) is 5.91 Å². The van der Waals surface area contributed by atoms with Crippen LogP contribution in [-0.2, 0) is 19.1 Å². The first kappa shape index (κ1) is 21.7. The van der Waals surface area contributed by atoms with Crippen molar-refractivity contribution < 1.29 is 19.1 Å². The fourth-order valence-electron chi connectivity index (χ4n) is 2.31. The Hall–Kier alpha value is -2.57. The second-order valence-electron chi connectivity index (χ2n) is 6.13. The standard InChI is InChI=1S/C20H20Cl2N2O4/c1-12-4-3-5-16(13(12)2)23-19(26)11-28-20(27)9-8-18(25)24-17-10-14(21)6-7-15(17)22/h3-7,10H,8-9,11H2,1-2H3,(H,23,26)(H,24,25). The normalized spacial score (nSPS) is 10.3. The highest BCUT2D eigenvalue weighted by Gasteiger charge is 2.13. The summed E-state index contributed by atoms with van der Waals surface area (Å²) in [6, 6.07) is 10.2. The van der Waals surface area contributed by atoms with Crippen molar-refractivity contribution in [2.45, 2.75) is 26.7 Å². The second-order valence-corrected chi connectivity index (χ2v) is 6.97. The van der Waals surface area contributed by atoms with Crippen LogP contribution >= 0.6 is 23.2 Å². The number of hydrogen-bond acceptors (Lipinski definition) is 4. The minimum atomic E-state index is -0.650. The van der Waals surface area contributed by atoms with Gasteiger partial charge in [0.1, 0.15) is 0 Å². The number of carbonyl (C=O) groups excluding carboxylic acids is 3. The van der Waals surface area contributed by atoms with Crippen molar-refractivity contribution in [2.75, 3.05) is 17.2 Å². The van der Waals surface area contributed by atoms with Gasteiger partial charge in [-0.25, -0.2) is 0 Å². The first-order valence-electron chi connectivity index (χ1n) is 8.53. The average molecular weight is 423 g/mol. The molecule has 0 radical (unpaired) electrons. The highest BCUT2D eigenvalue weighted by Crippen LogP contribution is 2.25. The average Bonchev–Trinajstić information content (AvgIpc) is 2.65. The molecule has 0 fully saturated rings. The van der Waals surface area contributed by atoms with E-state index in [0.717, 1.165) is 11.1 Å². The van der Waals surface area contributed by atoms with Crippen LogP contribution in [0.3, 0.4) is 0 Å². The Morgan fingerprint density at radius 2 is 1.64 bits per heavy atom. The van der Waals surface area contributed by atoms with Crippen LogP contribution in [0.15, 0.2) is 36.4 Å². The van der Waals surface area contributed by atoms with Crippen LogP contribution in [0.1, 0.15) is 24.0 Å². The molecule has 0 aromatic heterocycles. The molecule has 0 unspecified atom stereocenters. The molecule has 148 valence electrons. The van der Waals surface area contributed by atoms with E-state index in [1.54, 1.807) is 18.2 Å². The maximum absolute atomic E-state index is 11.9. The predicted molar refractivity (Wildman–Crippen MR) is 110 cm³/mol. The third-order valence-electron chi connectivity index (χ3n) is 4.00. The smallest absolute Gasteiger partial charge is 0.306 e. The molecule has 28 heavy (non-hydrogen) atoms. The van der Waals surface area contributed by atoms with Crippen LogP contribution in [0.25, 0.3) is 0 Å². The Bertz CT molecular complexity index is 878. The highest BCUT2D eigenvalue weighted by atomic mass is 35.5. The molecule has 2 amide bonds. The molecule has 0 aliphatic carbocycles. The van der Waals surface area contributed by atoms with Crippen molar-refractivity contribution in [3.63, 3.8) is 0 Å². The van der Waals surface area contributed by atoms with Crippen molar-refractivity contribution in [1.82, 2.24) is 0 Å². The lowest BCUT2D eigenvalue weighted by Crippen LogP contribution is -2.22. The number of aryl methyl sites for hydroxylation is 1. The van der Waals surface area contributed by atoms with Crippen LogP contribution in [0.2, 0.25) is 10.0 Å². The number of rotatable bonds is 7. The Balaban J connectivity index is 1.74. The number of hydrogen-bond donors (Lipinski definition) is 2. The van der Waals surface area contributed by atoms with Crippen LogP contribution in [-0.4, -0.2) is 24.4 Å². The van der Waals surface area contributed by atoms with Gasteiger partial charge in [-0.05, 0) is 49.2 Å². The van der Waals surface area contributed by atoms with E-state index < -0.39 is 24.4 Å². The molecule has 8 heteroatoms. The summed E-state index contributed by atoms with van der Waals surface area (Å²) < 4.78 is 4.91. The van der Waals surface area contributed by atoms with E-state index in [2.05, 4.69) is 10.6 Å². The summed E-state index contributed by atoms with van der Waals surface area (Å²) in [7, 11) is 0. The van der Waals surface area contributed by atoms with E-state index in [1.807, 2.05) is 26.0 Å². The minimum absolute atomic E-state index is 0.111. The molecular weight excluding hydrogens is 403 g/mol. The number of benzene rings is 2. The first-order valence-corrected chi connectivity index (χ1v) is 9.28. The lowest BCUT2D eigenvalue weighted by atomic mass is 10.1. The van der Waals surface area contributed by atoms with E-state index in [4.69, 9.17) is 27.9 Å². The summed E-state index contributed by atoms with van der Waals surface area (Å²) in [5.74, 6) is -1.51.